The smallest absolute Gasteiger partial charge is 0.341 e. The predicted molar refractivity (Wildman–Crippen MR) is 158 cm³/mol. The molecule has 0 atom stereocenters. The molecule has 38 heavy (non-hydrogen) atoms. The summed E-state index contributed by atoms with van der Waals surface area (Å²) < 4.78 is 7.02. The molecule has 0 aliphatic heterocycles. The van der Waals surface area contributed by atoms with Gasteiger partial charge < -0.3 is 10.1 Å². The van der Waals surface area contributed by atoms with E-state index in [4.69, 9.17) is 4.74 Å². The molecular weight excluding hydrogens is 537 g/mol. The number of thiophene rings is 2. The van der Waals surface area contributed by atoms with E-state index in [-0.39, 0.29) is 11.7 Å². The molecule has 4 rings (SSSR count). The van der Waals surface area contributed by atoms with Crippen LogP contribution in [0.15, 0.2) is 52.8 Å². The van der Waals surface area contributed by atoms with Crippen molar-refractivity contribution in [1.82, 2.24) is 14.8 Å². The van der Waals surface area contributed by atoms with Gasteiger partial charge in [0.25, 0.3) is 0 Å². The Morgan fingerprint density at radius 3 is 2.63 bits per heavy atom. The van der Waals surface area contributed by atoms with Crippen LogP contribution >= 0.6 is 34.4 Å². The second-order valence-corrected chi connectivity index (χ2v) is 11.9. The van der Waals surface area contributed by atoms with E-state index in [1.54, 1.807) is 17.4 Å². The van der Waals surface area contributed by atoms with Crippen molar-refractivity contribution < 1.29 is 14.3 Å². The number of hydrogen-bond acceptors (Lipinski definition) is 8. The number of benzene rings is 1. The van der Waals surface area contributed by atoms with Gasteiger partial charge >= 0.3 is 5.97 Å². The van der Waals surface area contributed by atoms with E-state index in [0.29, 0.717) is 28.2 Å². The second-order valence-electron chi connectivity index (χ2n) is 9.10. The van der Waals surface area contributed by atoms with Crippen molar-refractivity contribution in [2.45, 2.75) is 45.3 Å². The van der Waals surface area contributed by atoms with Crippen molar-refractivity contribution in [3.8, 4) is 22.5 Å². The number of amides is 1. The Labute approximate surface area is 235 Å². The summed E-state index contributed by atoms with van der Waals surface area (Å²) >= 11 is 4.30. The van der Waals surface area contributed by atoms with Gasteiger partial charge in [0, 0.05) is 33.3 Å². The molecule has 1 amide bonds. The lowest BCUT2D eigenvalue weighted by atomic mass is 9.97. The van der Waals surface area contributed by atoms with E-state index < -0.39 is 5.97 Å². The number of thioether (sulfide) groups is 1. The van der Waals surface area contributed by atoms with Crippen LogP contribution in [0.1, 0.15) is 46.1 Å². The molecule has 0 aliphatic rings. The molecule has 10 heteroatoms. The first-order valence-electron chi connectivity index (χ1n) is 12.1. The third kappa shape index (κ3) is 5.92. The van der Waals surface area contributed by atoms with Gasteiger partial charge in [0.1, 0.15) is 10.6 Å². The number of nitrogens with one attached hydrogen (secondary N) is 1. The maximum atomic E-state index is 13.0. The number of ether oxygens (including phenoxy) is 1. The Morgan fingerprint density at radius 1 is 1.16 bits per heavy atom. The van der Waals surface area contributed by atoms with Gasteiger partial charge in [0.05, 0.1) is 12.9 Å². The van der Waals surface area contributed by atoms with Gasteiger partial charge in [-0.25, -0.2) is 4.79 Å². The van der Waals surface area contributed by atoms with Crippen molar-refractivity contribution >= 4 is 51.3 Å². The minimum Gasteiger partial charge on any atom is -0.465 e. The summed E-state index contributed by atoms with van der Waals surface area (Å²) in [6, 6.07) is 8.22. The van der Waals surface area contributed by atoms with E-state index in [2.05, 4.69) is 47.4 Å². The topological polar surface area (TPSA) is 86.1 Å². The summed E-state index contributed by atoms with van der Waals surface area (Å²) in [7, 11) is 1.34. The molecule has 7 nitrogen and oxygen atoms in total. The van der Waals surface area contributed by atoms with E-state index in [0.717, 1.165) is 33.6 Å². The van der Waals surface area contributed by atoms with E-state index in [9.17, 15) is 9.59 Å². The molecule has 0 bridgehead atoms. The summed E-state index contributed by atoms with van der Waals surface area (Å²) in [6.45, 7) is 12.7. The SMILES string of the molecule is C=CCn1c(SCC(=O)Nc2scc(-c3cc(C)ccc3C)c2C(=O)OC)nnc1-c1csc(C(C)C)c1. The molecule has 0 aliphatic carbocycles. The minimum absolute atomic E-state index is 0.105. The first kappa shape index (κ1) is 27.8. The Bertz CT molecular complexity index is 1480. The average Bonchev–Trinajstić information content (AvgIpc) is 3.63. The lowest BCUT2D eigenvalue weighted by Crippen LogP contribution is -2.16. The molecule has 0 saturated carbocycles. The first-order chi connectivity index (χ1) is 18.2. The standard InChI is InChI=1S/C28H30N4O3S3/c1-7-10-32-25(19-12-22(16(2)3)36-13-19)30-31-28(32)38-15-23(33)29-26-24(27(34)35-6)21(14-37-26)20-11-17(4)8-9-18(20)5/h7-9,11-14,16H,1,10,15H2,2-6H3,(H,29,33). The molecule has 0 fully saturated rings. The summed E-state index contributed by atoms with van der Waals surface area (Å²) in [5.74, 6) is 0.553. The normalized spacial score (nSPS) is 11.1. The highest BCUT2D eigenvalue weighted by Gasteiger charge is 2.24. The number of esters is 1. The van der Waals surface area contributed by atoms with Crippen LogP contribution in [0.5, 0.6) is 0 Å². The van der Waals surface area contributed by atoms with Crippen molar-refractivity contribution in [1.29, 1.82) is 0 Å². The highest BCUT2D eigenvalue weighted by atomic mass is 32.2. The van der Waals surface area contributed by atoms with Gasteiger partial charge in [-0.3, -0.25) is 9.36 Å². The maximum absolute atomic E-state index is 13.0. The first-order valence-corrected chi connectivity index (χ1v) is 14.8. The molecule has 1 N–H and O–H groups in total. The minimum atomic E-state index is -0.489. The van der Waals surface area contributed by atoms with Gasteiger partial charge in [-0.05, 0) is 37.0 Å². The number of aromatic nitrogens is 3. The van der Waals surface area contributed by atoms with Crippen molar-refractivity contribution in [3.05, 3.63) is 69.2 Å². The Balaban J connectivity index is 1.54. The fourth-order valence-corrected chi connectivity index (χ4v) is 6.56. The molecular formula is C28H30N4O3S3. The number of rotatable bonds is 10. The predicted octanol–water partition coefficient (Wildman–Crippen LogP) is 7.18. The monoisotopic (exact) mass is 566 g/mol. The van der Waals surface area contributed by atoms with Crippen LogP contribution in [0.25, 0.3) is 22.5 Å². The Kier molecular flexibility index (Phi) is 8.86. The van der Waals surface area contributed by atoms with Gasteiger partial charge in [-0.2, -0.15) is 0 Å². The quantitative estimate of drug-likeness (QED) is 0.124. The zero-order valence-corrected chi connectivity index (χ0v) is 24.5. The van der Waals surface area contributed by atoms with Crippen LogP contribution < -0.4 is 5.32 Å². The molecule has 3 aromatic heterocycles. The number of anilines is 1. The summed E-state index contributed by atoms with van der Waals surface area (Å²) in [5, 5.41) is 16.7. The maximum Gasteiger partial charge on any atom is 0.341 e. The molecule has 1 aromatic carbocycles. The number of allylic oxidation sites excluding steroid dienone is 1. The Hall–Kier alpha value is -3.21. The average molecular weight is 567 g/mol. The molecule has 3 heterocycles. The number of hydrogen-bond donors (Lipinski definition) is 1. The van der Waals surface area contributed by atoms with Crippen LogP contribution in [0, 0.1) is 13.8 Å². The van der Waals surface area contributed by atoms with Crippen LogP contribution in [-0.2, 0) is 16.1 Å². The lowest BCUT2D eigenvalue weighted by molar-refractivity contribution is -0.113. The van der Waals surface area contributed by atoms with Crippen LogP contribution in [0.4, 0.5) is 5.00 Å². The van der Waals surface area contributed by atoms with Gasteiger partial charge in [-0.15, -0.1) is 39.4 Å². The van der Waals surface area contributed by atoms with E-state index in [1.165, 1.54) is 35.1 Å². The highest BCUT2D eigenvalue weighted by Crippen LogP contribution is 2.38. The molecule has 0 saturated heterocycles. The summed E-state index contributed by atoms with van der Waals surface area (Å²) in [4.78, 5) is 27.0. The summed E-state index contributed by atoms with van der Waals surface area (Å²) in [6.07, 6.45) is 1.79. The highest BCUT2D eigenvalue weighted by molar-refractivity contribution is 7.99. The zero-order chi connectivity index (χ0) is 27.4. The lowest BCUT2D eigenvalue weighted by Gasteiger charge is -2.10. The zero-order valence-electron chi connectivity index (χ0n) is 22.0. The molecule has 198 valence electrons. The van der Waals surface area contributed by atoms with Crippen LogP contribution in [0.3, 0.4) is 0 Å². The number of carbonyl (C=O) groups excluding carboxylic acids is 2. The van der Waals surface area contributed by atoms with Crippen LogP contribution in [-0.4, -0.2) is 39.5 Å². The molecule has 4 aromatic rings. The van der Waals surface area contributed by atoms with Gasteiger partial charge in [-0.1, -0.05) is 55.4 Å². The number of aryl methyl sites for hydroxylation is 2. The van der Waals surface area contributed by atoms with E-state index >= 15 is 0 Å². The van der Waals surface area contributed by atoms with Crippen LogP contribution in [0.2, 0.25) is 0 Å². The molecule has 0 unspecified atom stereocenters. The largest absolute Gasteiger partial charge is 0.465 e. The van der Waals surface area contributed by atoms with E-state index in [1.807, 2.05) is 42.0 Å². The van der Waals surface area contributed by atoms with Gasteiger partial charge in [0.2, 0.25) is 5.91 Å². The third-order valence-electron chi connectivity index (χ3n) is 5.92. The third-order valence-corrected chi connectivity index (χ3v) is 9.02. The molecule has 0 spiro atoms. The fraction of sp³-hybridized carbons (Fsp3) is 0.286. The van der Waals surface area contributed by atoms with Gasteiger partial charge in [0.15, 0.2) is 11.0 Å². The second kappa shape index (κ2) is 12.1. The number of nitrogens with zero attached hydrogens (tertiary/aromatic N) is 3. The Morgan fingerprint density at radius 2 is 1.95 bits per heavy atom. The van der Waals surface area contributed by atoms with Crippen molar-refractivity contribution in [2.24, 2.45) is 0 Å². The number of methoxy groups -OCH3 is 1. The fourth-order valence-electron chi connectivity index (χ4n) is 3.95. The number of carbonyl (C=O) groups is 2. The summed E-state index contributed by atoms with van der Waals surface area (Å²) in [5.41, 5.74) is 5.18. The van der Waals surface area contributed by atoms with Crippen molar-refractivity contribution in [3.63, 3.8) is 0 Å². The van der Waals surface area contributed by atoms with Crippen molar-refractivity contribution in [2.75, 3.05) is 18.2 Å². The molecule has 0 radical (unpaired) electrons.